The lowest BCUT2D eigenvalue weighted by Crippen LogP contribution is -1.89. The number of hydrogen-bond acceptors (Lipinski definition) is 0. The molecule has 0 atom stereocenters. The zero-order valence-electron chi connectivity index (χ0n) is 10.1. The van der Waals surface area contributed by atoms with Crippen molar-refractivity contribution >= 4 is 6.08 Å². The van der Waals surface area contributed by atoms with Gasteiger partial charge in [0.25, 0.3) is 0 Å². The molecule has 3 rings (SSSR count). The largest absolute Gasteiger partial charge is 0.0655 e. The van der Waals surface area contributed by atoms with Crippen LogP contribution in [-0.2, 0) is 6.42 Å². The molecule has 17 heavy (non-hydrogen) atoms. The van der Waals surface area contributed by atoms with Crippen LogP contribution in [0, 0.1) is 0 Å². The van der Waals surface area contributed by atoms with Crippen molar-refractivity contribution in [3.8, 4) is 11.1 Å². The molecule has 0 heteroatoms. The van der Waals surface area contributed by atoms with Gasteiger partial charge in [0.05, 0.1) is 0 Å². The van der Waals surface area contributed by atoms with Crippen molar-refractivity contribution in [1.29, 1.82) is 0 Å². The van der Waals surface area contributed by atoms with Crippen molar-refractivity contribution in [2.45, 2.75) is 19.8 Å². The molecule has 0 nitrogen and oxygen atoms in total. The maximum atomic E-state index is 2.35. The molecule has 1 aliphatic rings. The summed E-state index contributed by atoms with van der Waals surface area (Å²) in [5, 5.41) is 0. The molecule has 0 N–H and O–H groups in total. The Bertz CT molecular complexity index is 562. The van der Waals surface area contributed by atoms with E-state index in [2.05, 4.69) is 61.5 Å². The Hall–Kier alpha value is -1.82. The maximum Gasteiger partial charge on any atom is -0.00518 e. The van der Waals surface area contributed by atoms with E-state index in [4.69, 9.17) is 0 Å². The Morgan fingerprint density at radius 3 is 2.53 bits per heavy atom. The molecule has 0 amide bonds. The first-order valence-corrected chi connectivity index (χ1v) is 6.25. The number of hydrogen-bond donors (Lipinski definition) is 0. The van der Waals surface area contributed by atoms with E-state index in [0.717, 1.165) is 12.8 Å². The average molecular weight is 220 g/mol. The molecule has 0 aliphatic heterocycles. The van der Waals surface area contributed by atoms with Gasteiger partial charge in [0.15, 0.2) is 0 Å². The third-order valence-corrected chi connectivity index (χ3v) is 3.51. The number of fused-ring (bicyclic) bond motifs is 1. The Morgan fingerprint density at radius 1 is 0.941 bits per heavy atom. The minimum absolute atomic E-state index is 1.12. The SMILES string of the molecule is CCC1=Cc2cccc(-c3ccccc3)c2C1. The van der Waals surface area contributed by atoms with Gasteiger partial charge in [0.2, 0.25) is 0 Å². The Morgan fingerprint density at radius 2 is 1.76 bits per heavy atom. The summed E-state index contributed by atoms with van der Waals surface area (Å²) in [7, 11) is 0. The summed E-state index contributed by atoms with van der Waals surface area (Å²) in [6.45, 7) is 2.24. The van der Waals surface area contributed by atoms with Crippen molar-refractivity contribution < 1.29 is 0 Å². The summed E-state index contributed by atoms with van der Waals surface area (Å²) in [4.78, 5) is 0. The predicted molar refractivity (Wildman–Crippen MR) is 73.9 cm³/mol. The summed E-state index contributed by atoms with van der Waals surface area (Å²) in [6.07, 6.45) is 4.63. The van der Waals surface area contributed by atoms with Gasteiger partial charge < -0.3 is 0 Å². The van der Waals surface area contributed by atoms with Crippen molar-refractivity contribution in [2.24, 2.45) is 0 Å². The highest BCUT2D eigenvalue weighted by molar-refractivity contribution is 5.77. The molecule has 0 radical (unpaired) electrons. The topological polar surface area (TPSA) is 0 Å². The molecule has 2 aromatic rings. The van der Waals surface area contributed by atoms with E-state index in [1.807, 2.05) is 0 Å². The predicted octanol–water partition coefficient (Wildman–Crippen LogP) is 4.70. The van der Waals surface area contributed by atoms with Crippen LogP contribution in [0.1, 0.15) is 24.5 Å². The third kappa shape index (κ3) is 1.80. The van der Waals surface area contributed by atoms with E-state index in [-0.39, 0.29) is 0 Å². The van der Waals surface area contributed by atoms with Crippen LogP contribution in [0.3, 0.4) is 0 Å². The molecule has 0 saturated heterocycles. The van der Waals surface area contributed by atoms with Crippen molar-refractivity contribution in [1.82, 2.24) is 0 Å². The lowest BCUT2D eigenvalue weighted by molar-refractivity contribution is 1.04. The fourth-order valence-corrected chi connectivity index (χ4v) is 2.55. The van der Waals surface area contributed by atoms with Gasteiger partial charge in [-0.25, -0.2) is 0 Å². The first-order valence-electron chi connectivity index (χ1n) is 6.25. The molecule has 0 unspecified atom stereocenters. The van der Waals surface area contributed by atoms with Crippen molar-refractivity contribution in [3.63, 3.8) is 0 Å². The molecular formula is C17H16. The second-order valence-electron chi connectivity index (χ2n) is 4.57. The molecule has 0 aromatic heterocycles. The van der Waals surface area contributed by atoms with E-state index in [9.17, 15) is 0 Å². The monoisotopic (exact) mass is 220 g/mol. The molecule has 0 bridgehead atoms. The smallest absolute Gasteiger partial charge is 0.00518 e. The fraction of sp³-hybridized carbons (Fsp3) is 0.176. The van der Waals surface area contributed by atoms with Crippen LogP contribution in [0.15, 0.2) is 54.1 Å². The first-order chi connectivity index (χ1) is 8.38. The van der Waals surface area contributed by atoms with Gasteiger partial charge in [0.1, 0.15) is 0 Å². The molecule has 84 valence electrons. The highest BCUT2D eigenvalue weighted by atomic mass is 14.2. The fourth-order valence-electron chi connectivity index (χ4n) is 2.55. The van der Waals surface area contributed by atoms with Crippen molar-refractivity contribution in [2.75, 3.05) is 0 Å². The van der Waals surface area contributed by atoms with E-state index < -0.39 is 0 Å². The Labute approximate surface area is 103 Å². The van der Waals surface area contributed by atoms with Crippen LogP contribution in [0.2, 0.25) is 0 Å². The Balaban J connectivity index is 2.10. The summed E-state index contributed by atoms with van der Waals surface area (Å²) < 4.78 is 0. The lowest BCUT2D eigenvalue weighted by atomic mass is 9.96. The maximum absolute atomic E-state index is 2.35. The van der Waals surface area contributed by atoms with Gasteiger partial charge >= 0.3 is 0 Å². The van der Waals surface area contributed by atoms with Crippen LogP contribution in [-0.4, -0.2) is 0 Å². The summed E-state index contributed by atoms with van der Waals surface area (Å²) in [5.74, 6) is 0. The molecule has 0 spiro atoms. The van der Waals surface area contributed by atoms with Gasteiger partial charge in [-0.2, -0.15) is 0 Å². The molecular weight excluding hydrogens is 204 g/mol. The standard InChI is InChI=1S/C17H16/c1-2-13-11-15-9-6-10-16(17(15)12-13)14-7-4-3-5-8-14/h3-11H,2,12H2,1H3. The number of rotatable bonds is 2. The third-order valence-electron chi connectivity index (χ3n) is 3.51. The van der Waals surface area contributed by atoms with E-state index in [1.165, 1.54) is 22.3 Å². The summed E-state index contributed by atoms with van der Waals surface area (Å²) >= 11 is 0. The highest BCUT2D eigenvalue weighted by Crippen LogP contribution is 2.34. The van der Waals surface area contributed by atoms with Gasteiger partial charge in [-0.3, -0.25) is 0 Å². The van der Waals surface area contributed by atoms with Gasteiger partial charge in [-0.1, -0.05) is 67.1 Å². The van der Waals surface area contributed by atoms with Crippen LogP contribution in [0.5, 0.6) is 0 Å². The zero-order chi connectivity index (χ0) is 11.7. The quantitative estimate of drug-likeness (QED) is 0.688. The number of benzene rings is 2. The van der Waals surface area contributed by atoms with Gasteiger partial charge in [-0.05, 0) is 35.1 Å². The average Bonchev–Trinajstić information content (AvgIpc) is 2.82. The Kier molecular flexibility index (Phi) is 2.56. The van der Waals surface area contributed by atoms with E-state index in [1.54, 1.807) is 5.57 Å². The second-order valence-corrected chi connectivity index (χ2v) is 4.57. The van der Waals surface area contributed by atoms with Crippen LogP contribution in [0.25, 0.3) is 17.2 Å². The minimum Gasteiger partial charge on any atom is -0.0655 e. The lowest BCUT2D eigenvalue weighted by Gasteiger charge is -2.08. The summed E-state index contributed by atoms with van der Waals surface area (Å²) in [5.41, 5.74) is 7.17. The minimum atomic E-state index is 1.12. The molecule has 2 aromatic carbocycles. The molecule has 0 saturated carbocycles. The van der Waals surface area contributed by atoms with E-state index >= 15 is 0 Å². The van der Waals surface area contributed by atoms with Gasteiger partial charge in [0, 0.05) is 0 Å². The van der Waals surface area contributed by atoms with Crippen molar-refractivity contribution in [3.05, 3.63) is 65.2 Å². The molecule has 1 aliphatic carbocycles. The number of allylic oxidation sites excluding steroid dienone is 1. The second kappa shape index (κ2) is 4.21. The highest BCUT2D eigenvalue weighted by Gasteiger charge is 2.15. The first kappa shape index (κ1) is 10.3. The molecule has 0 fully saturated rings. The van der Waals surface area contributed by atoms with E-state index in [0.29, 0.717) is 0 Å². The summed E-state index contributed by atoms with van der Waals surface area (Å²) in [6, 6.07) is 17.3. The zero-order valence-corrected chi connectivity index (χ0v) is 10.1. The molecule has 0 heterocycles. The van der Waals surface area contributed by atoms with Crippen LogP contribution >= 0.6 is 0 Å². The van der Waals surface area contributed by atoms with Crippen LogP contribution in [0.4, 0.5) is 0 Å². The van der Waals surface area contributed by atoms with Crippen LogP contribution < -0.4 is 0 Å². The van der Waals surface area contributed by atoms with Gasteiger partial charge in [-0.15, -0.1) is 0 Å². The normalized spacial score (nSPS) is 13.4.